The molecule has 4 aromatic rings. The number of ketones is 1. The fourth-order valence-corrected chi connectivity index (χ4v) is 4.76. The predicted molar refractivity (Wildman–Crippen MR) is 125 cm³/mol. The van der Waals surface area contributed by atoms with E-state index >= 15 is 0 Å². The van der Waals surface area contributed by atoms with Crippen molar-refractivity contribution in [2.75, 3.05) is 0 Å². The topological polar surface area (TPSA) is 78.3 Å². The van der Waals surface area contributed by atoms with Crippen molar-refractivity contribution in [2.45, 2.75) is 20.1 Å². The van der Waals surface area contributed by atoms with Gasteiger partial charge < -0.3 is 4.74 Å². The Morgan fingerprint density at radius 1 is 1.12 bits per heavy atom. The van der Waals surface area contributed by atoms with Gasteiger partial charge in [-0.05, 0) is 36.2 Å². The van der Waals surface area contributed by atoms with E-state index in [1.165, 1.54) is 23.0 Å². The van der Waals surface area contributed by atoms with Gasteiger partial charge in [-0.2, -0.15) is 0 Å². The van der Waals surface area contributed by atoms with Crippen molar-refractivity contribution in [3.05, 3.63) is 96.8 Å². The number of rotatable bonds is 6. The molecule has 0 N–H and O–H groups in total. The molecule has 9 heteroatoms. The molecule has 0 amide bonds. The summed E-state index contributed by atoms with van der Waals surface area (Å²) in [5.74, 6) is -0.880. The molecule has 2 heterocycles. The molecule has 0 fully saturated rings. The largest absolute Gasteiger partial charge is 0.457 e. The Hall–Kier alpha value is -3.00. The zero-order chi connectivity index (χ0) is 22.8. The van der Waals surface area contributed by atoms with Gasteiger partial charge in [-0.3, -0.25) is 14.2 Å². The molecule has 6 nitrogen and oxygen atoms in total. The number of aromatic nitrogens is 2. The van der Waals surface area contributed by atoms with Crippen molar-refractivity contribution < 1.29 is 14.3 Å². The van der Waals surface area contributed by atoms with E-state index in [0.717, 1.165) is 16.9 Å². The lowest BCUT2D eigenvalue weighted by Gasteiger charge is -2.07. The zero-order valence-electron chi connectivity index (χ0n) is 16.8. The van der Waals surface area contributed by atoms with Crippen LogP contribution in [0.4, 0.5) is 0 Å². The number of nitrogens with zero attached hydrogens (tertiary/aromatic N) is 2. The Morgan fingerprint density at radius 3 is 2.59 bits per heavy atom. The van der Waals surface area contributed by atoms with Gasteiger partial charge in [-0.1, -0.05) is 53.5 Å². The third kappa shape index (κ3) is 4.46. The first kappa shape index (κ1) is 22.2. The zero-order valence-corrected chi connectivity index (χ0v) is 19.1. The van der Waals surface area contributed by atoms with Gasteiger partial charge in [0.05, 0.1) is 23.3 Å². The van der Waals surface area contributed by atoms with Crippen LogP contribution in [-0.2, 0) is 17.9 Å². The number of fused-ring (bicyclic) bond motifs is 1. The number of benzene rings is 2. The number of thiophene rings is 1. The Bertz CT molecular complexity index is 1400. The van der Waals surface area contributed by atoms with Crippen LogP contribution in [-0.4, -0.2) is 21.3 Å². The Balaban J connectivity index is 1.60. The van der Waals surface area contributed by atoms with Gasteiger partial charge in [0, 0.05) is 10.6 Å². The monoisotopic (exact) mass is 486 g/mol. The molecule has 0 spiro atoms. The van der Waals surface area contributed by atoms with Gasteiger partial charge in [0.15, 0.2) is 5.78 Å². The Labute approximate surface area is 197 Å². The van der Waals surface area contributed by atoms with Crippen molar-refractivity contribution in [1.29, 1.82) is 0 Å². The van der Waals surface area contributed by atoms with Gasteiger partial charge in [-0.25, -0.2) is 9.78 Å². The number of esters is 1. The molecule has 0 aliphatic heterocycles. The first-order chi connectivity index (χ1) is 15.3. The summed E-state index contributed by atoms with van der Waals surface area (Å²) in [5.41, 5.74) is 1.19. The fourth-order valence-electron chi connectivity index (χ4n) is 3.21. The maximum Gasteiger partial charge on any atom is 0.349 e. The standard InChI is InChI=1S/C23H16Cl2N2O4S/c1-13-19-21(32-20(13)23(30)31-11-14-5-3-2-4-6-14)26-12-27(22(19)29)10-18(28)16-8-7-15(24)9-17(16)25/h2-9,12H,10-11H2,1H3. The number of carbonyl (C=O) groups excluding carboxylic acids is 2. The van der Waals surface area contributed by atoms with E-state index in [2.05, 4.69) is 4.98 Å². The molecule has 2 aromatic heterocycles. The summed E-state index contributed by atoms with van der Waals surface area (Å²) in [6.45, 7) is 1.55. The van der Waals surface area contributed by atoms with E-state index in [0.29, 0.717) is 25.7 Å². The fraction of sp³-hybridized carbons (Fsp3) is 0.130. The molecule has 0 atom stereocenters. The summed E-state index contributed by atoms with van der Waals surface area (Å²) in [4.78, 5) is 43.3. The predicted octanol–water partition coefficient (Wildman–Crippen LogP) is 5.31. The highest BCUT2D eigenvalue weighted by Gasteiger charge is 2.21. The normalized spacial score (nSPS) is 11.0. The number of ether oxygens (including phenoxy) is 1. The van der Waals surface area contributed by atoms with Gasteiger partial charge in [0.1, 0.15) is 16.3 Å². The first-order valence-corrected chi connectivity index (χ1v) is 11.1. The Morgan fingerprint density at radius 2 is 1.88 bits per heavy atom. The molecule has 4 rings (SSSR count). The lowest BCUT2D eigenvalue weighted by atomic mass is 10.1. The molecule has 0 bridgehead atoms. The van der Waals surface area contributed by atoms with Crippen LogP contribution in [0.2, 0.25) is 10.0 Å². The van der Waals surface area contributed by atoms with Crippen molar-refractivity contribution in [2.24, 2.45) is 0 Å². The molecular formula is C23H16Cl2N2O4S. The van der Waals surface area contributed by atoms with Crippen LogP contribution >= 0.6 is 34.5 Å². The minimum Gasteiger partial charge on any atom is -0.457 e. The quantitative estimate of drug-likeness (QED) is 0.272. The van der Waals surface area contributed by atoms with Crippen molar-refractivity contribution in [3.8, 4) is 0 Å². The third-order valence-electron chi connectivity index (χ3n) is 4.86. The number of hydrogen-bond acceptors (Lipinski definition) is 6. The van der Waals surface area contributed by atoms with Gasteiger partial charge in [-0.15, -0.1) is 11.3 Å². The summed E-state index contributed by atoms with van der Waals surface area (Å²) in [7, 11) is 0. The summed E-state index contributed by atoms with van der Waals surface area (Å²) >= 11 is 13.1. The maximum absolute atomic E-state index is 13.0. The SMILES string of the molecule is Cc1c(C(=O)OCc2ccccc2)sc2ncn(CC(=O)c3ccc(Cl)cc3Cl)c(=O)c12. The van der Waals surface area contributed by atoms with Crippen LogP contribution < -0.4 is 5.56 Å². The van der Waals surface area contributed by atoms with E-state index in [9.17, 15) is 14.4 Å². The third-order valence-corrected chi connectivity index (χ3v) is 6.59. The highest BCUT2D eigenvalue weighted by molar-refractivity contribution is 7.20. The molecule has 0 aliphatic carbocycles. The summed E-state index contributed by atoms with van der Waals surface area (Å²) in [5, 5.41) is 0.909. The summed E-state index contributed by atoms with van der Waals surface area (Å²) in [6.07, 6.45) is 1.29. The van der Waals surface area contributed by atoms with Crippen LogP contribution in [0.15, 0.2) is 59.7 Å². The van der Waals surface area contributed by atoms with Crippen molar-refractivity contribution in [1.82, 2.24) is 9.55 Å². The van der Waals surface area contributed by atoms with E-state index in [-0.39, 0.29) is 29.5 Å². The van der Waals surface area contributed by atoms with Crippen LogP contribution in [0, 0.1) is 6.92 Å². The first-order valence-electron chi connectivity index (χ1n) is 9.53. The van der Waals surface area contributed by atoms with Crippen LogP contribution in [0.5, 0.6) is 0 Å². The molecule has 0 radical (unpaired) electrons. The summed E-state index contributed by atoms with van der Waals surface area (Å²) < 4.78 is 6.60. The van der Waals surface area contributed by atoms with Crippen LogP contribution in [0.1, 0.15) is 31.2 Å². The molecule has 0 unspecified atom stereocenters. The molecule has 2 aromatic carbocycles. The molecule has 32 heavy (non-hydrogen) atoms. The maximum atomic E-state index is 13.0. The number of aryl methyl sites for hydroxylation is 1. The average molecular weight is 487 g/mol. The van der Waals surface area contributed by atoms with Crippen molar-refractivity contribution in [3.63, 3.8) is 0 Å². The number of hydrogen-bond donors (Lipinski definition) is 0. The average Bonchev–Trinajstić information content (AvgIpc) is 3.12. The van der Waals surface area contributed by atoms with Crippen LogP contribution in [0.3, 0.4) is 0 Å². The van der Waals surface area contributed by atoms with E-state index < -0.39 is 11.5 Å². The lowest BCUT2D eigenvalue weighted by molar-refractivity contribution is 0.0477. The number of halogens is 2. The number of carbonyl (C=O) groups is 2. The van der Waals surface area contributed by atoms with Crippen molar-refractivity contribution >= 4 is 56.5 Å². The number of Topliss-reactive ketones (excluding diaryl/α,β-unsaturated/α-hetero) is 1. The van der Waals surface area contributed by atoms with Gasteiger partial charge in [0.25, 0.3) is 5.56 Å². The second-order valence-corrected chi connectivity index (χ2v) is 8.87. The van der Waals surface area contributed by atoms with E-state index in [1.807, 2.05) is 30.3 Å². The van der Waals surface area contributed by atoms with Crippen LogP contribution in [0.25, 0.3) is 10.2 Å². The Kier molecular flexibility index (Phi) is 6.41. The summed E-state index contributed by atoms with van der Waals surface area (Å²) in [6, 6.07) is 13.9. The molecule has 0 aliphatic rings. The minimum absolute atomic E-state index is 0.126. The molecular weight excluding hydrogens is 471 g/mol. The van der Waals surface area contributed by atoms with E-state index in [4.69, 9.17) is 27.9 Å². The highest BCUT2D eigenvalue weighted by Crippen LogP contribution is 2.28. The van der Waals surface area contributed by atoms with E-state index in [1.54, 1.807) is 13.0 Å². The van der Waals surface area contributed by atoms with Gasteiger partial charge in [0.2, 0.25) is 0 Å². The second-order valence-electron chi connectivity index (χ2n) is 7.02. The molecule has 162 valence electrons. The lowest BCUT2D eigenvalue weighted by Crippen LogP contribution is -2.24. The minimum atomic E-state index is -0.524. The molecule has 0 saturated carbocycles. The second kappa shape index (κ2) is 9.24. The molecule has 0 saturated heterocycles. The van der Waals surface area contributed by atoms with Gasteiger partial charge >= 0.3 is 5.97 Å². The highest BCUT2D eigenvalue weighted by atomic mass is 35.5. The smallest absolute Gasteiger partial charge is 0.349 e.